The fourth-order valence-electron chi connectivity index (χ4n) is 2.12. The second-order valence-electron chi connectivity index (χ2n) is 6.18. The van der Waals surface area contributed by atoms with Crippen LogP contribution in [0.25, 0.3) is 0 Å². The molecular formula is C13H25ClN2O4S. The van der Waals surface area contributed by atoms with Gasteiger partial charge < -0.3 is 10.1 Å². The molecule has 1 saturated heterocycles. The minimum absolute atomic E-state index is 0.0423. The van der Waals surface area contributed by atoms with Crippen molar-refractivity contribution in [2.24, 2.45) is 0 Å². The summed E-state index contributed by atoms with van der Waals surface area (Å²) in [4.78, 5) is 11.7. The molecule has 8 heteroatoms. The third kappa shape index (κ3) is 6.84. The van der Waals surface area contributed by atoms with Crippen LogP contribution in [0.3, 0.4) is 0 Å². The van der Waals surface area contributed by atoms with Crippen molar-refractivity contribution in [2.75, 3.05) is 24.7 Å². The number of rotatable bonds is 5. The van der Waals surface area contributed by atoms with Crippen LogP contribution in [0.15, 0.2) is 0 Å². The van der Waals surface area contributed by atoms with Crippen LogP contribution in [0.2, 0.25) is 0 Å². The average molecular weight is 341 g/mol. The molecule has 1 aliphatic heterocycles. The molecule has 6 nitrogen and oxygen atoms in total. The standard InChI is InChI=1S/C13H25ClN2O4S/c1-13(2,3)20-12(17)15-11-5-8-16(9-6-11)21(18,19)10-4-7-14/h11H,4-10H2,1-3H3,(H,15,17). The maximum atomic E-state index is 12.0. The Kier molecular flexibility index (Phi) is 6.74. The predicted octanol–water partition coefficient (Wildman–Crippen LogP) is 1.93. The number of alkyl carbamates (subject to hydrolysis) is 1. The molecule has 1 N–H and O–H groups in total. The van der Waals surface area contributed by atoms with E-state index in [1.54, 1.807) is 20.8 Å². The zero-order valence-electron chi connectivity index (χ0n) is 12.9. The number of carbonyl (C=O) groups excluding carboxylic acids is 1. The molecule has 0 aromatic rings. The van der Waals surface area contributed by atoms with Crippen molar-refractivity contribution in [1.82, 2.24) is 9.62 Å². The molecule has 1 aliphatic rings. The van der Waals surface area contributed by atoms with Gasteiger partial charge in [0.15, 0.2) is 0 Å². The van der Waals surface area contributed by atoms with E-state index in [0.717, 1.165) is 0 Å². The molecule has 0 atom stereocenters. The van der Waals surface area contributed by atoms with Crippen LogP contribution in [0.4, 0.5) is 4.79 Å². The first-order valence-corrected chi connectivity index (χ1v) is 9.32. The molecule has 21 heavy (non-hydrogen) atoms. The number of alkyl halides is 1. The van der Waals surface area contributed by atoms with E-state index in [1.165, 1.54) is 4.31 Å². The topological polar surface area (TPSA) is 75.7 Å². The van der Waals surface area contributed by atoms with Crippen molar-refractivity contribution in [3.8, 4) is 0 Å². The summed E-state index contributed by atoms with van der Waals surface area (Å²) in [5.41, 5.74) is -0.532. The summed E-state index contributed by atoms with van der Waals surface area (Å²) < 4.78 is 30.7. The molecule has 0 aromatic carbocycles. The first-order chi connectivity index (χ1) is 9.64. The van der Waals surface area contributed by atoms with E-state index in [0.29, 0.717) is 38.2 Å². The van der Waals surface area contributed by atoms with E-state index in [9.17, 15) is 13.2 Å². The number of ether oxygens (including phenoxy) is 1. The first kappa shape index (κ1) is 18.5. The lowest BCUT2D eigenvalue weighted by Gasteiger charge is -2.32. The van der Waals surface area contributed by atoms with E-state index in [-0.39, 0.29) is 11.8 Å². The van der Waals surface area contributed by atoms with E-state index in [1.807, 2.05) is 0 Å². The van der Waals surface area contributed by atoms with E-state index >= 15 is 0 Å². The van der Waals surface area contributed by atoms with Crippen molar-refractivity contribution in [2.45, 2.75) is 51.7 Å². The second-order valence-corrected chi connectivity index (χ2v) is 8.64. The molecule has 0 unspecified atom stereocenters. The molecule has 0 aromatic heterocycles. The first-order valence-electron chi connectivity index (χ1n) is 7.17. The van der Waals surface area contributed by atoms with Crippen LogP contribution in [0.1, 0.15) is 40.0 Å². The normalized spacial score (nSPS) is 18.5. The highest BCUT2D eigenvalue weighted by molar-refractivity contribution is 7.89. The lowest BCUT2D eigenvalue weighted by atomic mass is 10.1. The van der Waals surface area contributed by atoms with Crippen molar-refractivity contribution >= 4 is 27.7 Å². The molecule has 124 valence electrons. The van der Waals surface area contributed by atoms with Gasteiger partial charge in [-0.1, -0.05) is 0 Å². The zero-order valence-corrected chi connectivity index (χ0v) is 14.5. The van der Waals surface area contributed by atoms with E-state index in [4.69, 9.17) is 16.3 Å². The number of piperidine rings is 1. The number of sulfonamides is 1. The van der Waals surface area contributed by atoms with E-state index < -0.39 is 21.7 Å². The summed E-state index contributed by atoms with van der Waals surface area (Å²) in [5.74, 6) is 0.427. The van der Waals surface area contributed by atoms with Gasteiger partial charge in [-0.25, -0.2) is 17.5 Å². The Morgan fingerprint density at radius 2 is 1.90 bits per heavy atom. The number of nitrogens with zero attached hydrogens (tertiary/aromatic N) is 1. The van der Waals surface area contributed by atoms with Crippen molar-refractivity contribution in [3.63, 3.8) is 0 Å². The second kappa shape index (κ2) is 7.65. The summed E-state index contributed by atoms with van der Waals surface area (Å²) in [6.07, 6.45) is 1.20. The van der Waals surface area contributed by atoms with Crippen molar-refractivity contribution in [1.29, 1.82) is 0 Å². The lowest BCUT2D eigenvalue weighted by molar-refractivity contribution is 0.0489. The van der Waals surface area contributed by atoms with Crippen LogP contribution < -0.4 is 5.32 Å². The molecule has 1 heterocycles. The smallest absolute Gasteiger partial charge is 0.407 e. The minimum Gasteiger partial charge on any atom is -0.444 e. The summed E-state index contributed by atoms with van der Waals surface area (Å²) >= 11 is 5.54. The maximum absolute atomic E-state index is 12.0. The predicted molar refractivity (Wildman–Crippen MR) is 83.1 cm³/mol. The van der Waals surface area contributed by atoms with Crippen molar-refractivity contribution < 1.29 is 17.9 Å². The summed E-state index contributed by atoms with van der Waals surface area (Å²) in [6, 6.07) is -0.0423. The van der Waals surface area contributed by atoms with Gasteiger partial charge in [0, 0.05) is 25.0 Å². The molecule has 1 fully saturated rings. The molecule has 0 spiro atoms. The van der Waals surface area contributed by atoms with Crippen LogP contribution in [0, 0.1) is 0 Å². The Morgan fingerprint density at radius 3 is 2.38 bits per heavy atom. The van der Waals surface area contributed by atoms with E-state index in [2.05, 4.69) is 5.32 Å². The molecule has 0 saturated carbocycles. The molecule has 0 aliphatic carbocycles. The Morgan fingerprint density at radius 1 is 1.33 bits per heavy atom. The molecular weight excluding hydrogens is 316 g/mol. The van der Waals surface area contributed by atoms with Crippen LogP contribution in [-0.4, -0.2) is 55.2 Å². The fourth-order valence-corrected chi connectivity index (χ4v) is 3.95. The van der Waals surface area contributed by atoms with Gasteiger partial charge in [0.1, 0.15) is 5.60 Å². The number of carbonyl (C=O) groups is 1. The lowest BCUT2D eigenvalue weighted by Crippen LogP contribution is -2.48. The maximum Gasteiger partial charge on any atom is 0.407 e. The van der Waals surface area contributed by atoms with Gasteiger partial charge in [-0.3, -0.25) is 0 Å². The Bertz CT molecular complexity index is 440. The summed E-state index contributed by atoms with van der Waals surface area (Å²) in [5, 5.41) is 2.79. The molecule has 1 amide bonds. The number of hydrogen-bond acceptors (Lipinski definition) is 4. The van der Waals surface area contributed by atoms with Crippen LogP contribution >= 0.6 is 11.6 Å². The number of hydrogen-bond donors (Lipinski definition) is 1. The third-order valence-corrected chi connectivity index (χ3v) is 5.33. The number of nitrogens with one attached hydrogen (secondary N) is 1. The highest BCUT2D eigenvalue weighted by atomic mass is 35.5. The highest BCUT2D eigenvalue weighted by Gasteiger charge is 2.29. The summed E-state index contributed by atoms with van der Waals surface area (Å²) in [7, 11) is -3.22. The minimum atomic E-state index is -3.22. The quantitative estimate of drug-likeness (QED) is 0.776. The van der Waals surface area contributed by atoms with Crippen molar-refractivity contribution in [3.05, 3.63) is 0 Å². The van der Waals surface area contributed by atoms with Gasteiger partial charge in [0.05, 0.1) is 5.75 Å². The van der Waals surface area contributed by atoms with Gasteiger partial charge in [0.2, 0.25) is 10.0 Å². The van der Waals surface area contributed by atoms with Gasteiger partial charge in [0.25, 0.3) is 0 Å². The highest BCUT2D eigenvalue weighted by Crippen LogP contribution is 2.16. The summed E-state index contributed by atoms with van der Waals surface area (Å²) in [6.45, 7) is 6.26. The van der Waals surface area contributed by atoms with Gasteiger partial charge in [-0.05, 0) is 40.0 Å². The number of amides is 1. The average Bonchev–Trinajstić information content (AvgIpc) is 2.34. The molecule has 0 radical (unpaired) electrons. The molecule has 1 rings (SSSR count). The van der Waals surface area contributed by atoms with Gasteiger partial charge in [-0.15, -0.1) is 11.6 Å². The monoisotopic (exact) mass is 340 g/mol. The Labute approximate surface area is 132 Å². The zero-order chi connectivity index (χ0) is 16.1. The Hall–Kier alpha value is -0.530. The van der Waals surface area contributed by atoms with Gasteiger partial charge >= 0.3 is 6.09 Å². The third-order valence-electron chi connectivity index (χ3n) is 3.10. The Balaban J connectivity index is 2.40. The SMILES string of the molecule is CC(C)(C)OC(=O)NC1CCN(S(=O)(=O)CCCCl)CC1. The number of halogens is 1. The molecule has 0 bridgehead atoms. The van der Waals surface area contributed by atoms with Crippen LogP contribution in [0.5, 0.6) is 0 Å². The largest absolute Gasteiger partial charge is 0.444 e. The van der Waals surface area contributed by atoms with Crippen LogP contribution in [-0.2, 0) is 14.8 Å². The fraction of sp³-hybridized carbons (Fsp3) is 0.923. The van der Waals surface area contributed by atoms with Gasteiger partial charge in [-0.2, -0.15) is 0 Å².